The van der Waals surface area contributed by atoms with Crippen molar-refractivity contribution in [3.8, 4) is 23.0 Å². The number of methoxy groups -OCH3 is 2. The van der Waals surface area contributed by atoms with E-state index in [1.807, 2.05) is 65.6 Å². The molecule has 0 amide bonds. The summed E-state index contributed by atoms with van der Waals surface area (Å²) < 4.78 is 21.5. The first kappa shape index (κ1) is 23.5. The summed E-state index contributed by atoms with van der Waals surface area (Å²) in [6.45, 7) is 0.962. The van der Waals surface area contributed by atoms with Crippen molar-refractivity contribution >= 4 is 33.9 Å². The summed E-state index contributed by atoms with van der Waals surface area (Å²) in [5.74, 6) is 2.84. The number of aromatic nitrogens is 1. The van der Waals surface area contributed by atoms with Crippen molar-refractivity contribution < 1.29 is 18.9 Å². The molecule has 5 rings (SSSR count). The zero-order valence-electron chi connectivity index (χ0n) is 19.9. The number of anilines is 1. The van der Waals surface area contributed by atoms with Crippen LogP contribution in [0.15, 0.2) is 71.5 Å². The lowest BCUT2D eigenvalue weighted by Crippen LogP contribution is -2.35. The normalized spacial score (nSPS) is 11.8. The maximum atomic E-state index is 13.0. The van der Waals surface area contributed by atoms with Crippen molar-refractivity contribution in [3.63, 3.8) is 0 Å². The van der Waals surface area contributed by atoms with E-state index in [9.17, 15) is 4.79 Å². The van der Waals surface area contributed by atoms with Gasteiger partial charge in [0.2, 0.25) is 6.79 Å². The van der Waals surface area contributed by atoms with Gasteiger partial charge in [0, 0.05) is 23.9 Å². The molecule has 0 bridgehead atoms. The Bertz CT molecular complexity index is 1470. The Balaban J connectivity index is 1.44. The molecule has 0 unspecified atom stereocenters. The molecule has 2 heterocycles. The number of nitrogens with zero attached hydrogens (tertiary/aromatic N) is 1. The van der Waals surface area contributed by atoms with E-state index < -0.39 is 0 Å². The number of hydrogen-bond acceptors (Lipinski definition) is 6. The lowest BCUT2D eigenvalue weighted by atomic mass is 10.1. The first-order valence-corrected chi connectivity index (χ1v) is 11.7. The fraction of sp³-hybridized carbons (Fsp3) is 0.185. The smallest absolute Gasteiger partial charge is 0.253 e. The van der Waals surface area contributed by atoms with Gasteiger partial charge < -0.3 is 34.1 Å². The van der Waals surface area contributed by atoms with Gasteiger partial charge in [0.05, 0.1) is 26.3 Å². The van der Waals surface area contributed by atoms with Gasteiger partial charge in [0.1, 0.15) is 11.5 Å². The molecule has 1 aliphatic heterocycles. The van der Waals surface area contributed by atoms with Crippen LogP contribution >= 0.6 is 12.2 Å². The molecule has 0 radical (unpaired) electrons. The molecule has 8 nitrogen and oxygen atoms in total. The molecule has 184 valence electrons. The maximum absolute atomic E-state index is 13.0. The van der Waals surface area contributed by atoms with E-state index in [2.05, 4.69) is 10.3 Å². The third kappa shape index (κ3) is 5.06. The average Bonchev–Trinajstić information content (AvgIpc) is 3.37. The molecule has 36 heavy (non-hydrogen) atoms. The van der Waals surface area contributed by atoms with Gasteiger partial charge in [0.25, 0.3) is 5.56 Å². The van der Waals surface area contributed by atoms with Crippen molar-refractivity contribution in [3.05, 3.63) is 88.2 Å². The van der Waals surface area contributed by atoms with E-state index >= 15 is 0 Å². The molecule has 1 aromatic heterocycles. The van der Waals surface area contributed by atoms with E-state index in [1.54, 1.807) is 20.3 Å². The molecule has 3 aromatic carbocycles. The van der Waals surface area contributed by atoms with E-state index in [-0.39, 0.29) is 12.4 Å². The highest BCUT2D eigenvalue weighted by molar-refractivity contribution is 7.80. The first-order valence-electron chi connectivity index (χ1n) is 11.3. The minimum atomic E-state index is -0.182. The molecule has 4 aromatic rings. The molecule has 2 N–H and O–H groups in total. The van der Waals surface area contributed by atoms with Crippen molar-refractivity contribution in [1.82, 2.24) is 9.88 Å². The van der Waals surface area contributed by atoms with Gasteiger partial charge in [-0.25, -0.2) is 0 Å². The summed E-state index contributed by atoms with van der Waals surface area (Å²) in [7, 11) is 3.22. The van der Waals surface area contributed by atoms with Crippen LogP contribution in [0.1, 0.15) is 11.1 Å². The summed E-state index contributed by atoms with van der Waals surface area (Å²) in [6.07, 6.45) is 0. The van der Waals surface area contributed by atoms with E-state index in [4.69, 9.17) is 31.2 Å². The van der Waals surface area contributed by atoms with Crippen LogP contribution < -0.4 is 29.8 Å². The summed E-state index contributed by atoms with van der Waals surface area (Å²) >= 11 is 5.79. The minimum Gasteiger partial charge on any atom is -0.497 e. The van der Waals surface area contributed by atoms with Crippen LogP contribution in [0.3, 0.4) is 0 Å². The summed E-state index contributed by atoms with van der Waals surface area (Å²) in [6, 6.07) is 20.7. The van der Waals surface area contributed by atoms with Crippen LogP contribution in [0.25, 0.3) is 10.9 Å². The number of rotatable bonds is 7. The van der Waals surface area contributed by atoms with Gasteiger partial charge in [-0.2, -0.15) is 0 Å². The lowest BCUT2D eigenvalue weighted by Gasteiger charge is -2.26. The fourth-order valence-corrected chi connectivity index (χ4v) is 4.26. The monoisotopic (exact) mass is 503 g/mol. The Hall–Kier alpha value is -4.24. The zero-order valence-corrected chi connectivity index (χ0v) is 20.7. The number of nitrogens with one attached hydrogen (secondary N) is 2. The van der Waals surface area contributed by atoms with E-state index in [1.165, 1.54) is 0 Å². The van der Waals surface area contributed by atoms with Crippen molar-refractivity contribution in [1.29, 1.82) is 0 Å². The predicted molar refractivity (Wildman–Crippen MR) is 142 cm³/mol. The second-order valence-electron chi connectivity index (χ2n) is 8.28. The quantitative estimate of drug-likeness (QED) is 0.352. The Morgan fingerprint density at radius 1 is 0.944 bits per heavy atom. The summed E-state index contributed by atoms with van der Waals surface area (Å²) in [4.78, 5) is 17.9. The number of fused-ring (bicyclic) bond motifs is 2. The molecule has 0 saturated carbocycles. The third-order valence-electron chi connectivity index (χ3n) is 5.93. The Labute approximate surface area is 213 Å². The van der Waals surface area contributed by atoms with Crippen molar-refractivity contribution in [2.45, 2.75) is 13.1 Å². The Kier molecular flexibility index (Phi) is 6.64. The largest absolute Gasteiger partial charge is 0.497 e. The van der Waals surface area contributed by atoms with Crippen LogP contribution in [-0.4, -0.2) is 36.0 Å². The number of aromatic amines is 1. The molecule has 0 aliphatic carbocycles. The number of benzene rings is 3. The molecule has 0 spiro atoms. The number of thiocarbonyl (C=S) groups is 1. The highest BCUT2D eigenvalue weighted by Gasteiger charge is 2.18. The Morgan fingerprint density at radius 2 is 1.69 bits per heavy atom. The van der Waals surface area contributed by atoms with Crippen LogP contribution in [0.5, 0.6) is 23.0 Å². The van der Waals surface area contributed by atoms with Gasteiger partial charge in [-0.3, -0.25) is 4.79 Å². The van der Waals surface area contributed by atoms with E-state index in [0.29, 0.717) is 46.5 Å². The molecule has 0 atom stereocenters. The average molecular weight is 504 g/mol. The van der Waals surface area contributed by atoms with Crippen LogP contribution in [-0.2, 0) is 13.1 Å². The fourth-order valence-electron chi connectivity index (χ4n) is 4.01. The molecular weight excluding hydrogens is 478 g/mol. The zero-order chi connectivity index (χ0) is 25.1. The number of hydrogen-bond donors (Lipinski definition) is 2. The highest BCUT2D eigenvalue weighted by Crippen LogP contribution is 2.33. The summed E-state index contributed by atoms with van der Waals surface area (Å²) in [5.41, 5.74) is 2.91. The lowest BCUT2D eigenvalue weighted by molar-refractivity contribution is 0.174. The Morgan fingerprint density at radius 3 is 2.47 bits per heavy atom. The SMILES string of the molecule is COc1ccc(NC(=S)N(Cc2ccc3c(c2)OCO3)Cc2cc3ccc(OC)cc3[nH]c2=O)cc1. The van der Waals surface area contributed by atoms with Crippen LogP contribution in [0.4, 0.5) is 5.69 Å². The number of H-pyrrole nitrogens is 1. The van der Waals surface area contributed by atoms with Crippen molar-refractivity contribution in [2.24, 2.45) is 0 Å². The first-order chi connectivity index (χ1) is 17.5. The minimum absolute atomic E-state index is 0.182. The number of pyridine rings is 1. The maximum Gasteiger partial charge on any atom is 0.253 e. The predicted octanol–water partition coefficient (Wildman–Crippen LogP) is 4.67. The van der Waals surface area contributed by atoms with Crippen molar-refractivity contribution in [2.75, 3.05) is 26.3 Å². The molecule has 9 heteroatoms. The van der Waals surface area contributed by atoms with Gasteiger partial charge in [-0.05, 0) is 77.8 Å². The standard InChI is InChI=1S/C27H25N3O5S/c1-32-21-8-5-20(6-9-21)28-27(36)30(14-17-3-10-24-25(11-17)35-16-34-24)15-19-12-18-4-7-22(33-2)13-23(18)29-26(19)31/h3-13H,14-16H2,1-2H3,(H,28,36)(H,29,31). The molecular formula is C27H25N3O5S. The second kappa shape index (κ2) is 10.2. The van der Waals surface area contributed by atoms with Crippen LogP contribution in [0, 0.1) is 0 Å². The molecule has 1 aliphatic rings. The summed E-state index contributed by atoms with van der Waals surface area (Å²) in [5, 5.41) is 4.66. The van der Waals surface area contributed by atoms with Gasteiger partial charge in [0.15, 0.2) is 16.6 Å². The highest BCUT2D eigenvalue weighted by atomic mass is 32.1. The molecule has 0 saturated heterocycles. The second-order valence-corrected chi connectivity index (χ2v) is 8.67. The van der Waals surface area contributed by atoms with Gasteiger partial charge in [-0.1, -0.05) is 6.07 Å². The van der Waals surface area contributed by atoms with Gasteiger partial charge >= 0.3 is 0 Å². The van der Waals surface area contributed by atoms with Crippen LogP contribution in [0.2, 0.25) is 0 Å². The van der Waals surface area contributed by atoms with E-state index in [0.717, 1.165) is 22.4 Å². The number of ether oxygens (including phenoxy) is 4. The van der Waals surface area contributed by atoms with Gasteiger partial charge in [-0.15, -0.1) is 0 Å². The third-order valence-corrected chi connectivity index (χ3v) is 6.29. The molecule has 0 fully saturated rings. The topological polar surface area (TPSA) is 85.1 Å².